The SMILES string of the molecule is C=C/C=C\C(=C/C)c1cc(C(/C=C(\N=C)c2ccc(-c3ccccc3)cc2)=N\C=C/C=C\C=C\C)cc(-c2cc3ccccc3c3ccccc23)c1.CC. The molecule has 2 heteroatoms. The highest BCUT2D eigenvalue weighted by Crippen LogP contribution is 2.37. The number of fused-ring (bicyclic) bond motifs is 3. The Bertz CT molecular complexity index is 2430. The molecule has 6 aromatic carbocycles. The zero-order valence-corrected chi connectivity index (χ0v) is 31.8. The molecule has 6 rings (SSSR count). The van der Waals surface area contributed by atoms with Gasteiger partial charge in [0.05, 0.1) is 11.4 Å². The van der Waals surface area contributed by atoms with E-state index in [4.69, 9.17) is 4.99 Å². The largest absolute Gasteiger partial charge is 0.264 e. The first-order valence-corrected chi connectivity index (χ1v) is 18.5. The van der Waals surface area contributed by atoms with Crippen molar-refractivity contribution in [3.8, 4) is 22.3 Å². The molecule has 2 nitrogen and oxygen atoms in total. The van der Waals surface area contributed by atoms with Gasteiger partial charge in [0.1, 0.15) is 0 Å². The number of benzene rings is 6. The molecule has 0 fully saturated rings. The lowest BCUT2D eigenvalue weighted by atomic mass is 9.89. The zero-order valence-electron chi connectivity index (χ0n) is 31.8. The van der Waals surface area contributed by atoms with Crippen molar-refractivity contribution in [2.45, 2.75) is 27.7 Å². The summed E-state index contributed by atoms with van der Waals surface area (Å²) >= 11 is 0. The van der Waals surface area contributed by atoms with Crippen LogP contribution in [0.3, 0.4) is 0 Å². The third-order valence-corrected chi connectivity index (χ3v) is 8.92. The van der Waals surface area contributed by atoms with Crippen molar-refractivity contribution in [3.63, 3.8) is 0 Å². The Kier molecular flexibility index (Phi) is 14.2. The molecule has 0 N–H and O–H groups in total. The summed E-state index contributed by atoms with van der Waals surface area (Å²) in [6.07, 6.45) is 21.7. The molecule has 0 aliphatic carbocycles. The number of hydrogen-bond donors (Lipinski definition) is 0. The van der Waals surface area contributed by atoms with E-state index in [2.05, 4.69) is 159 Å². The third-order valence-electron chi connectivity index (χ3n) is 8.92. The Morgan fingerprint density at radius 2 is 1.22 bits per heavy atom. The molecular formula is C52H48N2. The van der Waals surface area contributed by atoms with Gasteiger partial charge in [-0.1, -0.05) is 172 Å². The number of allylic oxidation sites excluding steroid dienone is 11. The average molecular weight is 701 g/mol. The topological polar surface area (TPSA) is 24.7 Å². The van der Waals surface area contributed by atoms with Gasteiger partial charge in [-0.3, -0.25) is 9.98 Å². The lowest BCUT2D eigenvalue weighted by Gasteiger charge is -2.15. The van der Waals surface area contributed by atoms with Crippen LogP contribution in [0.15, 0.2) is 211 Å². The summed E-state index contributed by atoms with van der Waals surface area (Å²) < 4.78 is 0. The fourth-order valence-electron chi connectivity index (χ4n) is 6.34. The monoisotopic (exact) mass is 700 g/mol. The molecule has 6 aromatic rings. The van der Waals surface area contributed by atoms with Gasteiger partial charge in [0.15, 0.2) is 0 Å². The van der Waals surface area contributed by atoms with Crippen molar-refractivity contribution in [1.29, 1.82) is 0 Å². The van der Waals surface area contributed by atoms with Gasteiger partial charge in [0.25, 0.3) is 0 Å². The van der Waals surface area contributed by atoms with E-state index in [9.17, 15) is 0 Å². The van der Waals surface area contributed by atoms with Crippen LogP contribution in [0.4, 0.5) is 0 Å². The average Bonchev–Trinajstić information content (AvgIpc) is 3.24. The van der Waals surface area contributed by atoms with Gasteiger partial charge in [-0.25, -0.2) is 0 Å². The molecule has 0 saturated carbocycles. The third kappa shape index (κ3) is 9.42. The van der Waals surface area contributed by atoms with Gasteiger partial charge in [0.2, 0.25) is 0 Å². The Morgan fingerprint density at radius 3 is 1.93 bits per heavy atom. The molecule has 0 radical (unpaired) electrons. The van der Waals surface area contributed by atoms with Crippen LogP contribution in [-0.4, -0.2) is 12.4 Å². The van der Waals surface area contributed by atoms with Crippen LogP contribution < -0.4 is 0 Å². The number of aliphatic imine (C=N–C) groups is 2. The maximum Gasteiger partial charge on any atom is 0.0724 e. The van der Waals surface area contributed by atoms with E-state index >= 15 is 0 Å². The second-order valence-corrected chi connectivity index (χ2v) is 12.2. The molecule has 0 heterocycles. The maximum atomic E-state index is 5.05. The second kappa shape index (κ2) is 19.8. The quantitative estimate of drug-likeness (QED) is 0.0690. The van der Waals surface area contributed by atoms with Gasteiger partial charge in [0, 0.05) is 17.3 Å². The van der Waals surface area contributed by atoms with Crippen molar-refractivity contribution >= 4 is 45.2 Å². The van der Waals surface area contributed by atoms with Crippen molar-refractivity contribution in [2.24, 2.45) is 9.98 Å². The first-order chi connectivity index (χ1) is 26.6. The Hall–Kier alpha value is -6.64. The summed E-state index contributed by atoms with van der Waals surface area (Å²) in [5, 5.41) is 4.86. The minimum Gasteiger partial charge on any atom is -0.264 e. The predicted molar refractivity (Wildman–Crippen MR) is 240 cm³/mol. The van der Waals surface area contributed by atoms with E-state index in [1.54, 1.807) is 6.08 Å². The van der Waals surface area contributed by atoms with E-state index in [-0.39, 0.29) is 0 Å². The molecule has 0 bridgehead atoms. The van der Waals surface area contributed by atoms with Crippen LogP contribution >= 0.6 is 0 Å². The van der Waals surface area contributed by atoms with Crippen LogP contribution in [0, 0.1) is 0 Å². The van der Waals surface area contributed by atoms with Crippen LogP contribution in [0.5, 0.6) is 0 Å². The molecule has 0 saturated heterocycles. The van der Waals surface area contributed by atoms with Crippen molar-refractivity contribution in [2.75, 3.05) is 0 Å². The molecule has 0 atom stereocenters. The van der Waals surface area contributed by atoms with Crippen LogP contribution in [-0.2, 0) is 0 Å². The Morgan fingerprint density at radius 1 is 0.574 bits per heavy atom. The predicted octanol–water partition coefficient (Wildman–Crippen LogP) is 14.7. The molecule has 0 amide bonds. The first-order valence-electron chi connectivity index (χ1n) is 18.5. The number of rotatable bonds is 12. The Balaban J connectivity index is 0.00000276. The van der Waals surface area contributed by atoms with Gasteiger partial charge in [-0.05, 0) is 112 Å². The molecular weight excluding hydrogens is 653 g/mol. The van der Waals surface area contributed by atoms with Gasteiger partial charge in [-0.2, -0.15) is 0 Å². The fraction of sp³-hybridized carbons (Fsp3) is 0.0769. The highest BCUT2D eigenvalue weighted by molar-refractivity contribution is 6.16. The van der Waals surface area contributed by atoms with Crippen molar-refractivity contribution < 1.29 is 0 Å². The smallest absolute Gasteiger partial charge is 0.0724 e. The summed E-state index contributed by atoms with van der Waals surface area (Å²) in [6, 6.07) is 45.1. The van der Waals surface area contributed by atoms with Gasteiger partial charge >= 0.3 is 0 Å². The molecule has 0 aromatic heterocycles. The highest BCUT2D eigenvalue weighted by atomic mass is 14.7. The molecule has 0 spiro atoms. The van der Waals surface area contributed by atoms with Crippen LogP contribution in [0.1, 0.15) is 44.4 Å². The van der Waals surface area contributed by atoms with Crippen LogP contribution in [0.25, 0.3) is 55.1 Å². The normalized spacial score (nSPS) is 12.6. The second-order valence-electron chi connectivity index (χ2n) is 12.2. The van der Waals surface area contributed by atoms with E-state index in [1.807, 2.05) is 75.6 Å². The Labute approximate surface area is 321 Å². The summed E-state index contributed by atoms with van der Waals surface area (Å²) in [5.74, 6) is 0. The number of hydrogen-bond acceptors (Lipinski definition) is 2. The van der Waals surface area contributed by atoms with E-state index in [0.29, 0.717) is 0 Å². The van der Waals surface area contributed by atoms with E-state index in [1.165, 1.54) is 27.1 Å². The minimum atomic E-state index is 0.733. The van der Waals surface area contributed by atoms with E-state index < -0.39 is 0 Å². The highest BCUT2D eigenvalue weighted by Gasteiger charge is 2.14. The molecule has 54 heavy (non-hydrogen) atoms. The maximum absolute atomic E-state index is 5.05. The van der Waals surface area contributed by atoms with Crippen molar-refractivity contribution in [1.82, 2.24) is 0 Å². The molecule has 0 unspecified atom stereocenters. The fourth-order valence-corrected chi connectivity index (χ4v) is 6.34. The molecule has 266 valence electrons. The molecule has 0 aliphatic rings. The van der Waals surface area contributed by atoms with Gasteiger partial charge in [-0.15, -0.1) is 0 Å². The van der Waals surface area contributed by atoms with Gasteiger partial charge < -0.3 is 0 Å². The lowest BCUT2D eigenvalue weighted by Crippen LogP contribution is -2.01. The first kappa shape index (κ1) is 38.6. The van der Waals surface area contributed by atoms with E-state index in [0.717, 1.165) is 50.4 Å². The lowest BCUT2D eigenvalue weighted by molar-refractivity contribution is 1.48. The summed E-state index contributed by atoms with van der Waals surface area (Å²) in [7, 11) is 0. The zero-order chi connectivity index (χ0) is 38.1. The number of nitrogens with zero attached hydrogens (tertiary/aromatic N) is 2. The van der Waals surface area contributed by atoms with Crippen molar-refractivity contribution in [3.05, 3.63) is 218 Å². The summed E-state index contributed by atoms with van der Waals surface area (Å²) in [5.41, 5.74) is 10.1. The van der Waals surface area contributed by atoms with Crippen LogP contribution in [0.2, 0.25) is 0 Å². The standard InChI is InChI=1S/C50H42N2.C2H6/c1-5-8-10-11-19-31-52-50(36-49(51-4)40-29-27-39(28-30-40)38-21-13-12-14-22-38)44-33-42(37(7-3)20-9-6-2)32-43(34-44)48-35-41-23-15-16-24-45(41)46-25-17-18-26-47(46)48;1-2/h5-36H,2,4H2,1,3H3;1-2H3/b8-5+,11-10-,20-9-,31-19-,37-7+,49-36-,52-50-;. The minimum absolute atomic E-state index is 0.733. The summed E-state index contributed by atoms with van der Waals surface area (Å²) in [6.45, 7) is 16.0. The molecule has 0 aliphatic heterocycles. The summed E-state index contributed by atoms with van der Waals surface area (Å²) in [4.78, 5) is 9.56.